The largest absolute Gasteiger partial charge is 0.442 e. The molecule has 1 fully saturated rings. The summed E-state index contributed by atoms with van der Waals surface area (Å²) in [5.74, 6) is -0.106. The summed E-state index contributed by atoms with van der Waals surface area (Å²) in [5.41, 5.74) is 0. The highest BCUT2D eigenvalue weighted by molar-refractivity contribution is 5.73. The standard InChI is InChI=1S/C8H14N2O3/c1-3-10-5-7(13-8(10)12)4-9-6(2)11/h7H,3-5H2,1-2H3,(H,9,11)/t7-/m1/s1. The first kappa shape index (κ1) is 9.83. The zero-order valence-corrected chi connectivity index (χ0v) is 7.87. The van der Waals surface area contributed by atoms with Gasteiger partial charge in [-0.05, 0) is 6.92 Å². The van der Waals surface area contributed by atoms with Crippen molar-refractivity contribution in [3.63, 3.8) is 0 Å². The molecule has 0 saturated carbocycles. The van der Waals surface area contributed by atoms with E-state index in [0.29, 0.717) is 19.6 Å². The van der Waals surface area contributed by atoms with E-state index >= 15 is 0 Å². The highest BCUT2D eigenvalue weighted by Gasteiger charge is 2.29. The second kappa shape index (κ2) is 4.11. The number of cyclic esters (lactones) is 1. The summed E-state index contributed by atoms with van der Waals surface area (Å²) in [6.07, 6.45) is -0.491. The van der Waals surface area contributed by atoms with Crippen molar-refractivity contribution < 1.29 is 14.3 Å². The van der Waals surface area contributed by atoms with Crippen LogP contribution in [0.25, 0.3) is 0 Å². The van der Waals surface area contributed by atoms with Crippen molar-refractivity contribution in [2.45, 2.75) is 20.0 Å². The van der Waals surface area contributed by atoms with Gasteiger partial charge in [0, 0.05) is 13.5 Å². The molecule has 1 aliphatic rings. The van der Waals surface area contributed by atoms with Gasteiger partial charge < -0.3 is 15.0 Å². The number of carbonyl (C=O) groups is 2. The zero-order valence-electron chi connectivity index (χ0n) is 7.87. The number of nitrogens with one attached hydrogen (secondary N) is 1. The van der Waals surface area contributed by atoms with Crippen molar-refractivity contribution >= 4 is 12.0 Å². The smallest absolute Gasteiger partial charge is 0.410 e. The van der Waals surface area contributed by atoms with Gasteiger partial charge in [-0.15, -0.1) is 0 Å². The number of hydrogen-bond donors (Lipinski definition) is 1. The van der Waals surface area contributed by atoms with Gasteiger partial charge in [0.2, 0.25) is 5.91 Å². The maximum atomic E-state index is 11.1. The fourth-order valence-corrected chi connectivity index (χ4v) is 1.20. The van der Waals surface area contributed by atoms with Crippen LogP contribution in [0.2, 0.25) is 0 Å². The van der Waals surface area contributed by atoms with Crippen LogP contribution in [0.5, 0.6) is 0 Å². The quantitative estimate of drug-likeness (QED) is 0.673. The molecule has 74 valence electrons. The summed E-state index contributed by atoms with van der Waals surface area (Å²) < 4.78 is 4.99. The normalized spacial score (nSPS) is 21.5. The van der Waals surface area contributed by atoms with Crippen LogP contribution in [-0.2, 0) is 9.53 Å². The third-order valence-electron chi connectivity index (χ3n) is 1.91. The molecule has 13 heavy (non-hydrogen) atoms. The minimum Gasteiger partial charge on any atom is -0.442 e. The molecule has 2 amide bonds. The van der Waals surface area contributed by atoms with Gasteiger partial charge in [-0.3, -0.25) is 4.79 Å². The summed E-state index contributed by atoms with van der Waals surface area (Å²) in [7, 11) is 0. The molecule has 1 N–H and O–H groups in total. The summed E-state index contributed by atoms with van der Waals surface area (Å²) in [6.45, 7) is 4.94. The van der Waals surface area contributed by atoms with E-state index in [4.69, 9.17) is 4.74 Å². The topological polar surface area (TPSA) is 58.6 Å². The van der Waals surface area contributed by atoms with Crippen LogP contribution in [0.4, 0.5) is 4.79 Å². The average molecular weight is 186 g/mol. The third kappa shape index (κ3) is 2.61. The highest BCUT2D eigenvalue weighted by Crippen LogP contribution is 2.09. The van der Waals surface area contributed by atoms with Crippen LogP contribution in [0.15, 0.2) is 0 Å². The van der Waals surface area contributed by atoms with Crippen molar-refractivity contribution in [1.82, 2.24) is 10.2 Å². The SMILES string of the molecule is CCN1C[C@@H](CNC(C)=O)OC1=O. The molecular weight excluding hydrogens is 172 g/mol. The molecule has 1 saturated heterocycles. The lowest BCUT2D eigenvalue weighted by Gasteiger charge is -2.08. The van der Waals surface area contributed by atoms with E-state index in [0.717, 1.165) is 0 Å². The summed E-state index contributed by atoms with van der Waals surface area (Å²) >= 11 is 0. The Morgan fingerprint density at radius 2 is 2.46 bits per heavy atom. The van der Waals surface area contributed by atoms with E-state index in [1.165, 1.54) is 6.92 Å². The van der Waals surface area contributed by atoms with Gasteiger partial charge >= 0.3 is 6.09 Å². The highest BCUT2D eigenvalue weighted by atomic mass is 16.6. The number of hydrogen-bond acceptors (Lipinski definition) is 3. The first-order valence-corrected chi connectivity index (χ1v) is 4.33. The maximum absolute atomic E-state index is 11.1. The van der Waals surface area contributed by atoms with E-state index in [-0.39, 0.29) is 18.1 Å². The predicted molar refractivity (Wildman–Crippen MR) is 46.2 cm³/mol. The lowest BCUT2D eigenvalue weighted by Crippen LogP contribution is -2.33. The summed E-state index contributed by atoms with van der Waals surface area (Å²) in [6, 6.07) is 0. The fraction of sp³-hybridized carbons (Fsp3) is 0.750. The van der Waals surface area contributed by atoms with Crippen molar-refractivity contribution in [3.8, 4) is 0 Å². The number of nitrogens with zero attached hydrogens (tertiary/aromatic N) is 1. The molecule has 0 aromatic heterocycles. The van der Waals surface area contributed by atoms with Gasteiger partial charge in [0.05, 0.1) is 13.1 Å². The van der Waals surface area contributed by atoms with Gasteiger partial charge in [0.15, 0.2) is 0 Å². The van der Waals surface area contributed by atoms with Crippen LogP contribution in [-0.4, -0.2) is 42.6 Å². The molecule has 0 spiro atoms. The Morgan fingerprint density at radius 1 is 1.77 bits per heavy atom. The van der Waals surface area contributed by atoms with E-state index in [9.17, 15) is 9.59 Å². The molecule has 1 atom stereocenters. The maximum Gasteiger partial charge on any atom is 0.410 e. The van der Waals surface area contributed by atoms with E-state index in [2.05, 4.69) is 5.32 Å². The van der Waals surface area contributed by atoms with Gasteiger partial charge in [0.25, 0.3) is 0 Å². The van der Waals surface area contributed by atoms with Crippen LogP contribution < -0.4 is 5.32 Å². The molecule has 1 heterocycles. The Labute approximate surface area is 77.0 Å². The Morgan fingerprint density at radius 3 is 2.92 bits per heavy atom. The Hall–Kier alpha value is -1.26. The minimum atomic E-state index is -0.294. The van der Waals surface area contributed by atoms with Gasteiger partial charge in [-0.25, -0.2) is 4.79 Å². The molecule has 5 nitrogen and oxygen atoms in total. The van der Waals surface area contributed by atoms with Gasteiger partial charge in [-0.1, -0.05) is 0 Å². The molecule has 0 radical (unpaired) electrons. The average Bonchev–Trinajstić information content (AvgIpc) is 2.43. The van der Waals surface area contributed by atoms with Crippen LogP contribution in [0.1, 0.15) is 13.8 Å². The third-order valence-corrected chi connectivity index (χ3v) is 1.91. The lowest BCUT2D eigenvalue weighted by atomic mass is 10.3. The van der Waals surface area contributed by atoms with Crippen molar-refractivity contribution in [2.75, 3.05) is 19.6 Å². The van der Waals surface area contributed by atoms with Crippen LogP contribution in [0, 0.1) is 0 Å². The number of likely N-dealkylation sites (N-methyl/N-ethyl adjacent to an activating group) is 1. The molecule has 1 aliphatic heterocycles. The lowest BCUT2D eigenvalue weighted by molar-refractivity contribution is -0.119. The van der Waals surface area contributed by atoms with Crippen molar-refractivity contribution in [3.05, 3.63) is 0 Å². The first-order chi connectivity index (χ1) is 6.13. The van der Waals surface area contributed by atoms with Crippen LogP contribution >= 0.6 is 0 Å². The fourth-order valence-electron chi connectivity index (χ4n) is 1.20. The summed E-state index contributed by atoms with van der Waals surface area (Å²) in [5, 5.41) is 2.61. The van der Waals surface area contributed by atoms with Crippen molar-refractivity contribution in [2.24, 2.45) is 0 Å². The molecule has 0 unspecified atom stereocenters. The van der Waals surface area contributed by atoms with E-state index in [1.54, 1.807) is 4.90 Å². The van der Waals surface area contributed by atoms with Gasteiger partial charge in [0.1, 0.15) is 6.10 Å². The number of ether oxygens (including phenoxy) is 1. The van der Waals surface area contributed by atoms with E-state index < -0.39 is 0 Å². The molecule has 0 bridgehead atoms. The monoisotopic (exact) mass is 186 g/mol. The second-order valence-electron chi connectivity index (χ2n) is 2.98. The summed E-state index contributed by atoms with van der Waals surface area (Å²) in [4.78, 5) is 23.2. The van der Waals surface area contributed by atoms with Crippen molar-refractivity contribution in [1.29, 1.82) is 0 Å². The number of carbonyl (C=O) groups excluding carboxylic acids is 2. The molecule has 0 aromatic rings. The number of rotatable bonds is 3. The second-order valence-corrected chi connectivity index (χ2v) is 2.98. The number of amides is 2. The Balaban J connectivity index is 2.31. The molecule has 5 heteroatoms. The molecule has 0 aromatic carbocycles. The Kier molecular flexibility index (Phi) is 3.11. The molecule has 0 aliphatic carbocycles. The van der Waals surface area contributed by atoms with E-state index in [1.807, 2.05) is 6.92 Å². The van der Waals surface area contributed by atoms with Crippen LogP contribution in [0.3, 0.4) is 0 Å². The zero-order chi connectivity index (χ0) is 9.84. The molecular formula is C8H14N2O3. The first-order valence-electron chi connectivity index (χ1n) is 4.33. The minimum absolute atomic E-state index is 0.106. The molecule has 1 rings (SSSR count). The van der Waals surface area contributed by atoms with Gasteiger partial charge in [-0.2, -0.15) is 0 Å². The Bertz CT molecular complexity index is 217. The predicted octanol–water partition coefficient (Wildman–Crippen LogP) is -0.0368.